The van der Waals surface area contributed by atoms with Crippen molar-refractivity contribution in [3.8, 4) is 11.5 Å². The lowest BCUT2D eigenvalue weighted by atomic mass is 9.95. The van der Waals surface area contributed by atoms with E-state index in [0.29, 0.717) is 51.0 Å². The van der Waals surface area contributed by atoms with Crippen LogP contribution in [0.2, 0.25) is 0 Å². The fraction of sp³-hybridized carbons (Fsp3) is 0.552. The second-order valence-electron chi connectivity index (χ2n) is 10.4. The lowest BCUT2D eigenvalue weighted by molar-refractivity contribution is 0.0546. The molecule has 5 rings (SSSR count). The molecule has 2 N–H and O–H groups in total. The maximum Gasteiger partial charge on any atom is 0.253 e. The molecule has 1 amide bonds. The van der Waals surface area contributed by atoms with E-state index < -0.39 is 0 Å². The van der Waals surface area contributed by atoms with Crippen LogP contribution in [-0.4, -0.2) is 54.9 Å². The van der Waals surface area contributed by atoms with Crippen molar-refractivity contribution < 1.29 is 19.4 Å². The summed E-state index contributed by atoms with van der Waals surface area (Å²) in [6, 6.07) is 14.6. The van der Waals surface area contributed by atoms with E-state index in [9.17, 15) is 9.90 Å². The molecule has 2 fully saturated rings. The molecule has 0 spiro atoms. The predicted molar refractivity (Wildman–Crippen MR) is 136 cm³/mol. The molecule has 35 heavy (non-hydrogen) atoms. The topological polar surface area (TPSA) is 71.0 Å². The van der Waals surface area contributed by atoms with E-state index in [1.165, 1.54) is 30.4 Å². The van der Waals surface area contributed by atoms with Gasteiger partial charge in [0.2, 0.25) is 0 Å². The van der Waals surface area contributed by atoms with Crippen molar-refractivity contribution >= 4 is 5.91 Å². The normalized spacial score (nSPS) is 23.7. The number of rotatable bonds is 6. The first kappa shape index (κ1) is 24.1. The summed E-state index contributed by atoms with van der Waals surface area (Å²) in [5.74, 6) is 3.03. The number of piperidine rings is 1. The number of fused-ring (bicyclic) bond motifs is 1. The molecule has 2 heterocycles. The highest BCUT2D eigenvalue weighted by atomic mass is 16.5. The molecule has 188 valence electrons. The highest BCUT2D eigenvalue weighted by Crippen LogP contribution is 2.39. The minimum Gasteiger partial charge on any atom is -0.490 e. The largest absolute Gasteiger partial charge is 0.490 e. The number of nitrogens with zero attached hydrogens (tertiary/aromatic N) is 1. The quantitative estimate of drug-likeness (QED) is 0.631. The van der Waals surface area contributed by atoms with Gasteiger partial charge in [-0.1, -0.05) is 24.3 Å². The van der Waals surface area contributed by atoms with E-state index in [0.717, 1.165) is 30.0 Å². The van der Waals surface area contributed by atoms with Gasteiger partial charge in [0.1, 0.15) is 0 Å². The van der Waals surface area contributed by atoms with Crippen LogP contribution in [0.3, 0.4) is 0 Å². The molecule has 6 nitrogen and oxygen atoms in total. The number of likely N-dealkylation sites (tertiary alicyclic amines) is 1. The molecule has 1 aliphatic carbocycles. The Morgan fingerprint density at radius 1 is 1.06 bits per heavy atom. The second kappa shape index (κ2) is 11.0. The smallest absolute Gasteiger partial charge is 0.253 e. The van der Waals surface area contributed by atoms with Crippen LogP contribution >= 0.6 is 0 Å². The van der Waals surface area contributed by atoms with Gasteiger partial charge >= 0.3 is 0 Å². The number of hydrogen-bond acceptors (Lipinski definition) is 5. The molecule has 3 atom stereocenters. The standard InChI is InChI=1S/C29H38N2O4/c1-20(26-4-2-5-27-28(26)35-17-3-16-34-27)30-19-21-6-7-24(18-21)22-8-10-23(11-9-22)29(33)31-14-12-25(32)13-15-31/h2,4-5,8-11,20-21,24-25,30,32H,3,6-7,12-19H2,1H3. The Morgan fingerprint density at radius 3 is 2.63 bits per heavy atom. The molecule has 2 aromatic carbocycles. The Morgan fingerprint density at radius 2 is 1.83 bits per heavy atom. The molecule has 2 aromatic rings. The number of carbonyl (C=O) groups excluding carboxylic acids is 1. The molecule has 1 saturated carbocycles. The third-order valence-electron chi connectivity index (χ3n) is 7.90. The van der Waals surface area contributed by atoms with E-state index in [2.05, 4.69) is 36.5 Å². The fourth-order valence-electron chi connectivity index (χ4n) is 5.72. The molecule has 3 unspecified atom stereocenters. The zero-order chi connectivity index (χ0) is 24.2. The summed E-state index contributed by atoms with van der Waals surface area (Å²) in [5.41, 5.74) is 3.26. The first-order chi connectivity index (χ1) is 17.1. The number of aliphatic hydroxyl groups is 1. The van der Waals surface area contributed by atoms with Crippen LogP contribution in [0, 0.1) is 5.92 Å². The second-order valence-corrected chi connectivity index (χ2v) is 10.4. The SMILES string of the molecule is CC(NCC1CCC(c2ccc(C(=O)N3CCC(O)CC3)cc2)C1)c1cccc2c1OCCCO2. The van der Waals surface area contributed by atoms with Crippen molar-refractivity contribution in [3.63, 3.8) is 0 Å². The average molecular weight is 479 g/mol. The summed E-state index contributed by atoms with van der Waals surface area (Å²) >= 11 is 0. The molecule has 0 radical (unpaired) electrons. The van der Waals surface area contributed by atoms with Crippen LogP contribution in [0.5, 0.6) is 11.5 Å². The molecule has 2 aliphatic heterocycles. The van der Waals surface area contributed by atoms with Crippen LogP contribution in [-0.2, 0) is 0 Å². The first-order valence-corrected chi connectivity index (χ1v) is 13.3. The lowest BCUT2D eigenvalue weighted by Gasteiger charge is -2.29. The van der Waals surface area contributed by atoms with Gasteiger partial charge in [0.05, 0.1) is 19.3 Å². The number of aliphatic hydroxyl groups excluding tert-OH is 1. The number of benzene rings is 2. The van der Waals surface area contributed by atoms with Crippen molar-refractivity contribution in [1.82, 2.24) is 10.2 Å². The van der Waals surface area contributed by atoms with Crippen molar-refractivity contribution in [2.45, 2.75) is 63.5 Å². The fourth-order valence-corrected chi connectivity index (χ4v) is 5.72. The van der Waals surface area contributed by atoms with Crippen molar-refractivity contribution in [3.05, 3.63) is 59.2 Å². The monoisotopic (exact) mass is 478 g/mol. The number of carbonyl (C=O) groups is 1. The molecular formula is C29H38N2O4. The van der Waals surface area contributed by atoms with Gasteiger partial charge in [-0.3, -0.25) is 4.79 Å². The van der Waals surface area contributed by atoms with Crippen molar-refractivity contribution in [1.29, 1.82) is 0 Å². The maximum atomic E-state index is 12.8. The Kier molecular flexibility index (Phi) is 7.59. The Bertz CT molecular complexity index is 1000. The molecule has 6 heteroatoms. The number of hydrogen-bond donors (Lipinski definition) is 2. The number of amides is 1. The first-order valence-electron chi connectivity index (χ1n) is 13.3. The maximum absolute atomic E-state index is 12.8. The summed E-state index contributed by atoms with van der Waals surface area (Å²) < 4.78 is 11.9. The van der Waals surface area contributed by atoms with Crippen molar-refractivity contribution in [2.24, 2.45) is 5.92 Å². The highest BCUT2D eigenvalue weighted by molar-refractivity contribution is 5.94. The van der Waals surface area contributed by atoms with E-state index in [1.807, 2.05) is 23.1 Å². The lowest BCUT2D eigenvalue weighted by Crippen LogP contribution is -2.40. The van der Waals surface area contributed by atoms with E-state index in [-0.39, 0.29) is 18.1 Å². The zero-order valence-electron chi connectivity index (χ0n) is 20.7. The van der Waals surface area contributed by atoms with Crippen LogP contribution in [0.25, 0.3) is 0 Å². The molecule has 0 bridgehead atoms. The summed E-state index contributed by atoms with van der Waals surface area (Å²) in [6.07, 6.45) is 5.57. The van der Waals surface area contributed by atoms with Crippen molar-refractivity contribution in [2.75, 3.05) is 32.8 Å². The molecule has 0 aromatic heterocycles. The molecular weight excluding hydrogens is 440 g/mol. The number of para-hydroxylation sites is 1. The van der Waals surface area contributed by atoms with E-state index in [1.54, 1.807) is 0 Å². The average Bonchev–Trinajstić information content (AvgIpc) is 3.23. The summed E-state index contributed by atoms with van der Waals surface area (Å²) in [7, 11) is 0. The van der Waals surface area contributed by atoms with Crippen LogP contribution in [0.1, 0.15) is 78.9 Å². The molecule has 3 aliphatic rings. The van der Waals surface area contributed by atoms with Gasteiger partial charge in [0.15, 0.2) is 11.5 Å². The van der Waals surface area contributed by atoms with E-state index >= 15 is 0 Å². The Labute approximate surface area is 208 Å². The minimum absolute atomic E-state index is 0.0825. The van der Waals surface area contributed by atoms with Crippen LogP contribution in [0.15, 0.2) is 42.5 Å². The molecule has 1 saturated heterocycles. The summed E-state index contributed by atoms with van der Waals surface area (Å²) in [5, 5.41) is 13.4. The van der Waals surface area contributed by atoms with Gasteiger partial charge in [0, 0.05) is 36.7 Å². The predicted octanol–water partition coefficient (Wildman–Crippen LogP) is 4.68. The highest BCUT2D eigenvalue weighted by Gasteiger charge is 2.28. The van der Waals surface area contributed by atoms with Gasteiger partial charge in [-0.15, -0.1) is 0 Å². The van der Waals surface area contributed by atoms with Gasteiger partial charge in [0.25, 0.3) is 5.91 Å². The third-order valence-corrected chi connectivity index (χ3v) is 7.90. The number of nitrogens with one attached hydrogen (secondary N) is 1. The van der Waals surface area contributed by atoms with Gasteiger partial charge < -0.3 is 24.8 Å². The van der Waals surface area contributed by atoms with Crippen LogP contribution in [0.4, 0.5) is 0 Å². The Balaban J connectivity index is 1.13. The summed E-state index contributed by atoms with van der Waals surface area (Å²) in [4.78, 5) is 14.6. The van der Waals surface area contributed by atoms with Crippen LogP contribution < -0.4 is 14.8 Å². The summed E-state index contributed by atoms with van der Waals surface area (Å²) in [6.45, 7) is 5.88. The zero-order valence-corrected chi connectivity index (χ0v) is 20.7. The van der Waals surface area contributed by atoms with Gasteiger partial charge in [-0.05, 0) is 81.2 Å². The van der Waals surface area contributed by atoms with Gasteiger partial charge in [-0.25, -0.2) is 0 Å². The Hall–Kier alpha value is -2.57. The third kappa shape index (κ3) is 5.65. The van der Waals surface area contributed by atoms with E-state index in [4.69, 9.17) is 9.47 Å². The number of ether oxygens (including phenoxy) is 2. The minimum atomic E-state index is -0.265. The van der Waals surface area contributed by atoms with Gasteiger partial charge in [-0.2, -0.15) is 0 Å².